The van der Waals surface area contributed by atoms with Crippen molar-refractivity contribution in [3.8, 4) is 22.8 Å². The fraction of sp³-hybridized carbons (Fsp3) is 0.190. The summed E-state index contributed by atoms with van der Waals surface area (Å²) < 4.78 is 7.85. The molecule has 2 N–H and O–H groups in total. The zero-order valence-corrected chi connectivity index (χ0v) is 15.5. The largest absolute Gasteiger partial charge is 0.457 e. The molecule has 4 rings (SSSR count). The van der Waals surface area contributed by atoms with E-state index in [0.29, 0.717) is 5.82 Å². The first-order valence-electron chi connectivity index (χ1n) is 8.76. The number of benzene rings is 2. The maximum Gasteiger partial charge on any atom is 0.164 e. The van der Waals surface area contributed by atoms with Crippen LogP contribution < -0.4 is 10.5 Å². The molecule has 4 aromatic rings. The Bertz CT molecular complexity index is 1100. The van der Waals surface area contributed by atoms with Gasteiger partial charge in [0.15, 0.2) is 5.65 Å². The number of nitrogen functional groups attached to an aromatic ring is 1. The highest BCUT2D eigenvalue weighted by Crippen LogP contribution is 2.34. The molecule has 6 heteroatoms. The number of nitrogens with zero attached hydrogens (tertiary/aromatic N) is 4. The minimum absolute atomic E-state index is 0.241. The molecule has 0 saturated heterocycles. The molecular weight excluding hydrogens is 338 g/mol. The van der Waals surface area contributed by atoms with Gasteiger partial charge in [-0.3, -0.25) is 0 Å². The van der Waals surface area contributed by atoms with E-state index in [-0.39, 0.29) is 5.54 Å². The van der Waals surface area contributed by atoms with E-state index >= 15 is 0 Å². The topological polar surface area (TPSA) is 78.9 Å². The van der Waals surface area contributed by atoms with Gasteiger partial charge in [0.05, 0.1) is 10.9 Å². The molecule has 0 aliphatic heterocycles. The zero-order valence-electron chi connectivity index (χ0n) is 15.5. The van der Waals surface area contributed by atoms with Crippen LogP contribution in [0.1, 0.15) is 20.8 Å². The third-order valence-electron chi connectivity index (χ3n) is 4.22. The zero-order chi connectivity index (χ0) is 19.0. The Morgan fingerprint density at radius 1 is 0.926 bits per heavy atom. The first-order chi connectivity index (χ1) is 12.9. The smallest absolute Gasteiger partial charge is 0.164 e. The van der Waals surface area contributed by atoms with Crippen LogP contribution in [0.5, 0.6) is 11.5 Å². The molecular formula is C21H21N5O. The van der Waals surface area contributed by atoms with Gasteiger partial charge < -0.3 is 10.5 Å². The van der Waals surface area contributed by atoms with Crippen molar-refractivity contribution in [3.63, 3.8) is 0 Å². The molecule has 0 unspecified atom stereocenters. The monoisotopic (exact) mass is 359 g/mol. The Morgan fingerprint density at radius 3 is 2.41 bits per heavy atom. The van der Waals surface area contributed by atoms with Gasteiger partial charge in [-0.2, -0.15) is 5.10 Å². The molecule has 2 aromatic heterocycles. The summed E-state index contributed by atoms with van der Waals surface area (Å²) in [5.74, 6) is 1.93. The summed E-state index contributed by atoms with van der Waals surface area (Å²) in [5, 5.41) is 5.57. The van der Waals surface area contributed by atoms with Crippen LogP contribution in [-0.4, -0.2) is 19.7 Å². The van der Waals surface area contributed by atoms with Crippen LogP contribution in [0.3, 0.4) is 0 Å². The van der Waals surface area contributed by atoms with Crippen LogP contribution >= 0.6 is 0 Å². The van der Waals surface area contributed by atoms with E-state index < -0.39 is 0 Å². The van der Waals surface area contributed by atoms with Crippen molar-refractivity contribution >= 4 is 16.9 Å². The Morgan fingerprint density at radius 2 is 1.67 bits per heavy atom. The second-order valence-corrected chi connectivity index (χ2v) is 7.33. The van der Waals surface area contributed by atoms with E-state index in [1.165, 1.54) is 6.33 Å². The molecule has 0 saturated carbocycles. The minimum atomic E-state index is -0.241. The minimum Gasteiger partial charge on any atom is -0.457 e. The molecule has 0 fully saturated rings. The number of para-hydroxylation sites is 1. The van der Waals surface area contributed by atoms with Crippen LogP contribution in [0, 0.1) is 0 Å². The lowest BCUT2D eigenvalue weighted by molar-refractivity contribution is 0.367. The van der Waals surface area contributed by atoms with Crippen LogP contribution in [0.15, 0.2) is 60.9 Å². The standard InChI is InChI=1S/C21H21N5O/c1-21(2,3)26-20-17(19(22)23-13-24-20)18(25-26)14-8-7-11-16(12-14)27-15-9-5-4-6-10-15/h4-13H,1-3H3,(H2,22,23,24). The molecule has 0 amide bonds. The first kappa shape index (κ1) is 17.0. The molecule has 6 nitrogen and oxygen atoms in total. The van der Waals surface area contributed by atoms with Crippen LogP contribution in [-0.2, 0) is 5.54 Å². The highest BCUT2D eigenvalue weighted by Gasteiger charge is 2.24. The lowest BCUT2D eigenvalue weighted by atomic mass is 10.1. The number of anilines is 1. The molecule has 0 aliphatic rings. The summed E-state index contributed by atoms with van der Waals surface area (Å²) in [5.41, 5.74) is 8.31. The van der Waals surface area contributed by atoms with Crippen molar-refractivity contribution < 1.29 is 4.74 Å². The molecule has 2 heterocycles. The van der Waals surface area contributed by atoms with E-state index in [2.05, 4.69) is 30.7 Å². The van der Waals surface area contributed by atoms with Gasteiger partial charge in [-0.1, -0.05) is 30.3 Å². The second kappa shape index (κ2) is 6.39. The van der Waals surface area contributed by atoms with Gasteiger partial charge in [0.1, 0.15) is 29.3 Å². The van der Waals surface area contributed by atoms with Crippen molar-refractivity contribution in [3.05, 3.63) is 60.9 Å². The van der Waals surface area contributed by atoms with Crippen LogP contribution in [0.25, 0.3) is 22.3 Å². The molecule has 0 spiro atoms. The predicted molar refractivity (Wildman–Crippen MR) is 107 cm³/mol. The van der Waals surface area contributed by atoms with E-state index in [9.17, 15) is 0 Å². The summed E-state index contributed by atoms with van der Waals surface area (Å²) in [7, 11) is 0. The fourth-order valence-corrected chi connectivity index (χ4v) is 2.98. The molecule has 0 bridgehead atoms. The van der Waals surface area contributed by atoms with Crippen molar-refractivity contribution in [2.45, 2.75) is 26.3 Å². The van der Waals surface area contributed by atoms with Crippen molar-refractivity contribution in [1.29, 1.82) is 0 Å². The van der Waals surface area contributed by atoms with Crippen molar-refractivity contribution in [2.24, 2.45) is 0 Å². The van der Waals surface area contributed by atoms with Gasteiger partial charge in [0.2, 0.25) is 0 Å². The third kappa shape index (κ3) is 3.21. The van der Waals surface area contributed by atoms with Crippen molar-refractivity contribution in [1.82, 2.24) is 19.7 Å². The van der Waals surface area contributed by atoms with Gasteiger partial charge in [-0.05, 0) is 45.0 Å². The Hall–Kier alpha value is -3.41. The molecule has 0 radical (unpaired) electrons. The second-order valence-electron chi connectivity index (χ2n) is 7.33. The van der Waals surface area contributed by atoms with Gasteiger partial charge in [-0.15, -0.1) is 0 Å². The number of nitrogens with two attached hydrogens (primary N) is 1. The first-order valence-corrected chi connectivity index (χ1v) is 8.76. The number of ether oxygens (including phenoxy) is 1. The van der Waals surface area contributed by atoms with Crippen LogP contribution in [0.2, 0.25) is 0 Å². The predicted octanol–water partition coefficient (Wildman–Crippen LogP) is 4.62. The lowest BCUT2D eigenvalue weighted by Crippen LogP contribution is -2.23. The molecule has 2 aromatic carbocycles. The summed E-state index contributed by atoms with van der Waals surface area (Å²) in [6.07, 6.45) is 1.47. The maximum atomic E-state index is 6.18. The Balaban J connectivity index is 1.84. The quantitative estimate of drug-likeness (QED) is 0.577. The lowest BCUT2D eigenvalue weighted by Gasteiger charge is -2.19. The highest BCUT2D eigenvalue weighted by atomic mass is 16.5. The summed E-state index contributed by atoms with van der Waals surface area (Å²) >= 11 is 0. The van der Waals surface area contributed by atoms with E-state index in [4.69, 9.17) is 15.6 Å². The molecule has 0 atom stereocenters. The van der Waals surface area contributed by atoms with Gasteiger partial charge >= 0.3 is 0 Å². The number of rotatable bonds is 3. The third-order valence-corrected chi connectivity index (χ3v) is 4.22. The van der Waals surface area contributed by atoms with Crippen LogP contribution in [0.4, 0.5) is 5.82 Å². The SMILES string of the molecule is CC(C)(C)n1nc(-c2cccc(Oc3ccccc3)c2)c2c(N)ncnc21. The number of fused-ring (bicyclic) bond motifs is 1. The highest BCUT2D eigenvalue weighted by molar-refractivity contribution is 5.98. The maximum absolute atomic E-state index is 6.18. The average Bonchev–Trinajstić information content (AvgIpc) is 3.04. The van der Waals surface area contributed by atoms with Gasteiger partial charge in [0.25, 0.3) is 0 Å². The summed E-state index contributed by atoms with van der Waals surface area (Å²) in [6, 6.07) is 17.5. The molecule has 0 aliphatic carbocycles. The normalized spacial score (nSPS) is 11.7. The van der Waals surface area contributed by atoms with Crippen molar-refractivity contribution in [2.75, 3.05) is 5.73 Å². The number of hydrogen-bond donors (Lipinski definition) is 1. The summed E-state index contributed by atoms with van der Waals surface area (Å²) in [6.45, 7) is 6.24. The Kier molecular flexibility index (Phi) is 4.03. The van der Waals surface area contributed by atoms with Gasteiger partial charge in [-0.25, -0.2) is 14.6 Å². The summed E-state index contributed by atoms with van der Waals surface area (Å²) in [4.78, 5) is 8.58. The number of aromatic nitrogens is 4. The molecule has 136 valence electrons. The Labute approximate surface area is 157 Å². The van der Waals surface area contributed by atoms with E-state index in [1.54, 1.807) is 0 Å². The van der Waals surface area contributed by atoms with E-state index in [1.807, 2.05) is 59.3 Å². The van der Waals surface area contributed by atoms with E-state index in [0.717, 1.165) is 33.8 Å². The average molecular weight is 359 g/mol. The number of hydrogen-bond acceptors (Lipinski definition) is 5. The fourth-order valence-electron chi connectivity index (χ4n) is 2.98. The van der Waals surface area contributed by atoms with Gasteiger partial charge in [0, 0.05) is 5.56 Å². The molecule has 27 heavy (non-hydrogen) atoms.